The fourth-order valence-electron chi connectivity index (χ4n) is 2.26. The molecule has 0 radical (unpaired) electrons. The molecule has 0 saturated carbocycles. The van der Waals surface area contributed by atoms with E-state index in [0.29, 0.717) is 30.3 Å². The van der Waals surface area contributed by atoms with Gasteiger partial charge in [0.2, 0.25) is 10.0 Å². The van der Waals surface area contributed by atoms with E-state index < -0.39 is 10.0 Å². The van der Waals surface area contributed by atoms with E-state index in [0.717, 1.165) is 0 Å². The lowest BCUT2D eigenvalue weighted by molar-refractivity contribution is 0.480. The van der Waals surface area contributed by atoms with Crippen LogP contribution < -0.4 is 14.4 Å². The average Bonchev–Trinajstić information content (AvgIpc) is 2.58. The molecule has 1 aliphatic rings. The van der Waals surface area contributed by atoms with Gasteiger partial charge in [0.05, 0.1) is 5.69 Å². The molecule has 1 N–H and O–H groups in total. The number of ether oxygens (including phenoxy) is 1. The van der Waals surface area contributed by atoms with Crippen molar-refractivity contribution in [1.29, 1.82) is 0 Å². The van der Waals surface area contributed by atoms with Gasteiger partial charge in [-0.15, -0.1) is 0 Å². The highest BCUT2D eigenvalue weighted by molar-refractivity contribution is 7.89. The van der Waals surface area contributed by atoms with Crippen molar-refractivity contribution in [2.45, 2.75) is 4.90 Å². The highest BCUT2D eigenvalue weighted by Gasteiger charge is 2.24. The molecule has 5 nitrogen and oxygen atoms in total. The van der Waals surface area contributed by atoms with Crippen LogP contribution in [0.4, 0.5) is 5.69 Å². The highest BCUT2D eigenvalue weighted by Crippen LogP contribution is 2.32. The second kappa shape index (κ2) is 5.38. The summed E-state index contributed by atoms with van der Waals surface area (Å²) in [7, 11) is -1.62. The number of likely N-dealkylation sites (N-methyl/N-ethyl adjacent to an activating group) is 1. The molecule has 3 rings (SSSR count). The standard InChI is InChI=1S/C15H16N2O3S/c1-17-10-9-16-21(18,19)15-11-13(7-8-14(15)17)20-12-5-3-2-4-6-12/h2-8,11,16H,9-10H2,1H3. The first-order valence-electron chi connectivity index (χ1n) is 6.64. The first kappa shape index (κ1) is 13.9. The number of sulfonamides is 1. The van der Waals surface area contributed by atoms with Crippen molar-refractivity contribution in [3.05, 3.63) is 48.5 Å². The first-order chi connectivity index (χ1) is 10.1. The fraction of sp³-hybridized carbons (Fsp3) is 0.200. The number of benzene rings is 2. The van der Waals surface area contributed by atoms with Gasteiger partial charge in [-0.25, -0.2) is 13.1 Å². The van der Waals surface area contributed by atoms with E-state index in [-0.39, 0.29) is 4.90 Å². The smallest absolute Gasteiger partial charge is 0.242 e. The van der Waals surface area contributed by atoms with E-state index in [4.69, 9.17) is 4.74 Å². The number of rotatable bonds is 2. The van der Waals surface area contributed by atoms with Gasteiger partial charge in [-0.05, 0) is 24.3 Å². The topological polar surface area (TPSA) is 58.6 Å². The summed E-state index contributed by atoms with van der Waals surface area (Å²) in [6.07, 6.45) is 0. The zero-order valence-corrected chi connectivity index (χ0v) is 12.4. The second-order valence-corrected chi connectivity index (χ2v) is 6.60. The van der Waals surface area contributed by atoms with Gasteiger partial charge in [0.25, 0.3) is 0 Å². The summed E-state index contributed by atoms with van der Waals surface area (Å²) in [5, 5.41) is 0. The Balaban J connectivity index is 2.02. The molecule has 21 heavy (non-hydrogen) atoms. The van der Waals surface area contributed by atoms with Crippen molar-refractivity contribution in [2.75, 3.05) is 25.0 Å². The maximum absolute atomic E-state index is 12.2. The third kappa shape index (κ3) is 2.86. The molecule has 2 aromatic carbocycles. The largest absolute Gasteiger partial charge is 0.457 e. The molecule has 110 valence electrons. The lowest BCUT2D eigenvalue weighted by Gasteiger charge is -2.18. The number of fused-ring (bicyclic) bond motifs is 1. The number of para-hydroxylation sites is 1. The van der Waals surface area contributed by atoms with E-state index in [1.165, 1.54) is 0 Å². The number of anilines is 1. The van der Waals surface area contributed by atoms with Gasteiger partial charge < -0.3 is 9.64 Å². The van der Waals surface area contributed by atoms with Crippen molar-refractivity contribution in [3.8, 4) is 11.5 Å². The molecule has 0 saturated heterocycles. The van der Waals surface area contributed by atoms with E-state index in [1.54, 1.807) is 18.2 Å². The fourth-order valence-corrected chi connectivity index (χ4v) is 3.55. The summed E-state index contributed by atoms with van der Waals surface area (Å²) >= 11 is 0. The second-order valence-electron chi connectivity index (χ2n) is 4.86. The van der Waals surface area contributed by atoms with Crippen LogP contribution in [0.5, 0.6) is 11.5 Å². The Morgan fingerprint density at radius 3 is 2.62 bits per heavy atom. The van der Waals surface area contributed by atoms with Crippen LogP contribution in [-0.4, -0.2) is 28.6 Å². The van der Waals surface area contributed by atoms with E-state index in [1.807, 2.05) is 42.3 Å². The van der Waals surface area contributed by atoms with Crippen LogP contribution in [0, 0.1) is 0 Å². The molecule has 6 heteroatoms. The van der Waals surface area contributed by atoms with E-state index in [9.17, 15) is 8.42 Å². The molecule has 0 aromatic heterocycles. The Hall–Kier alpha value is -2.05. The summed E-state index contributed by atoms with van der Waals surface area (Å²) in [6, 6.07) is 14.4. The minimum Gasteiger partial charge on any atom is -0.457 e. The van der Waals surface area contributed by atoms with E-state index in [2.05, 4.69) is 4.72 Å². The Labute approximate surface area is 124 Å². The molecular formula is C15H16N2O3S. The van der Waals surface area contributed by atoms with Gasteiger partial charge in [0.1, 0.15) is 16.4 Å². The maximum Gasteiger partial charge on any atom is 0.242 e. The van der Waals surface area contributed by atoms with Gasteiger partial charge >= 0.3 is 0 Å². The van der Waals surface area contributed by atoms with Gasteiger partial charge in [0.15, 0.2) is 0 Å². The normalized spacial score (nSPS) is 16.9. The van der Waals surface area contributed by atoms with Crippen molar-refractivity contribution in [2.24, 2.45) is 0 Å². The van der Waals surface area contributed by atoms with Crippen LogP contribution in [-0.2, 0) is 10.0 Å². The van der Waals surface area contributed by atoms with Crippen molar-refractivity contribution >= 4 is 15.7 Å². The molecule has 0 bridgehead atoms. The van der Waals surface area contributed by atoms with Crippen LogP contribution in [0.25, 0.3) is 0 Å². The quantitative estimate of drug-likeness (QED) is 0.924. The van der Waals surface area contributed by atoms with Crippen LogP contribution >= 0.6 is 0 Å². The Morgan fingerprint density at radius 1 is 1.10 bits per heavy atom. The van der Waals surface area contributed by atoms with Crippen LogP contribution in [0.1, 0.15) is 0 Å². The molecule has 1 aliphatic heterocycles. The highest BCUT2D eigenvalue weighted by atomic mass is 32.2. The molecule has 0 aliphatic carbocycles. The predicted octanol–water partition coefficient (Wildman–Crippen LogP) is 2.21. The molecule has 1 heterocycles. The molecule has 0 amide bonds. The van der Waals surface area contributed by atoms with Gasteiger partial charge in [-0.3, -0.25) is 0 Å². The summed E-state index contributed by atoms with van der Waals surface area (Å²) in [6.45, 7) is 1.02. The number of hydrogen-bond donors (Lipinski definition) is 1. The number of nitrogens with zero attached hydrogens (tertiary/aromatic N) is 1. The molecule has 0 spiro atoms. The maximum atomic E-state index is 12.2. The van der Waals surface area contributed by atoms with Crippen molar-refractivity contribution < 1.29 is 13.2 Å². The first-order valence-corrected chi connectivity index (χ1v) is 8.12. The van der Waals surface area contributed by atoms with Gasteiger partial charge in [0, 0.05) is 26.2 Å². The average molecular weight is 304 g/mol. The van der Waals surface area contributed by atoms with Crippen molar-refractivity contribution in [3.63, 3.8) is 0 Å². The zero-order valence-electron chi connectivity index (χ0n) is 11.6. The van der Waals surface area contributed by atoms with Crippen molar-refractivity contribution in [1.82, 2.24) is 4.72 Å². The minimum atomic E-state index is -3.50. The molecule has 0 fully saturated rings. The Bertz CT molecular complexity index is 745. The zero-order chi connectivity index (χ0) is 14.9. The molecule has 2 aromatic rings. The summed E-state index contributed by atoms with van der Waals surface area (Å²) in [4.78, 5) is 2.16. The third-order valence-corrected chi connectivity index (χ3v) is 4.84. The molecular weight excluding hydrogens is 288 g/mol. The van der Waals surface area contributed by atoms with Gasteiger partial charge in [-0.1, -0.05) is 18.2 Å². The SMILES string of the molecule is CN1CCNS(=O)(=O)c2cc(Oc3ccccc3)ccc21. The van der Waals surface area contributed by atoms with Crippen LogP contribution in [0.3, 0.4) is 0 Å². The third-order valence-electron chi connectivity index (χ3n) is 3.35. The monoisotopic (exact) mass is 304 g/mol. The Kier molecular flexibility index (Phi) is 3.57. The lowest BCUT2D eigenvalue weighted by atomic mass is 10.2. The minimum absolute atomic E-state index is 0.246. The van der Waals surface area contributed by atoms with E-state index >= 15 is 0 Å². The van der Waals surface area contributed by atoms with Crippen LogP contribution in [0.15, 0.2) is 53.4 Å². The Morgan fingerprint density at radius 2 is 1.86 bits per heavy atom. The number of nitrogens with one attached hydrogen (secondary N) is 1. The van der Waals surface area contributed by atoms with Crippen LogP contribution in [0.2, 0.25) is 0 Å². The summed E-state index contributed by atoms with van der Waals surface area (Å²) < 4.78 is 32.8. The summed E-state index contributed by atoms with van der Waals surface area (Å²) in [5.74, 6) is 1.17. The molecule has 0 unspecified atom stereocenters. The lowest BCUT2D eigenvalue weighted by Crippen LogP contribution is -2.27. The number of hydrogen-bond acceptors (Lipinski definition) is 4. The predicted molar refractivity (Wildman–Crippen MR) is 81.4 cm³/mol. The van der Waals surface area contributed by atoms with Gasteiger partial charge in [-0.2, -0.15) is 0 Å². The molecule has 0 atom stereocenters. The summed E-state index contributed by atoms with van der Waals surface area (Å²) in [5.41, 5.74) is 0.681.